The molecule has 1 aliphatic rings. The molecule has 8 heteroatoms. The Kier molecular flexibility index (Phi) is 5.48. The molecule has 0 fully saturated rings. The van der Waals surface area contributed by atoms with E-state index < -0.39 is 11.9 Å². The zero-order valence-corrected chi connectivity index (χ0v) is 15.8. The lowest BCUT2D eigenvalue weighted by Gasteiger charge is -2.10. The van der Waals surface area contributed by atoms with Gasteiger partial charge in [-0.1, -0.05) is 35.3 Å². The Morgan fingerprint density at radius 1 is 1.19 bits per heavy atom. The topological polar surface area (TPSA) is 74.2 Å². The van der Waals surface area contributed by atoms with Crippen molar-refractivity contribution in [2.24, 2.45) is 4.99 Å². The highest BCUT2D eigenvalue weighted by Crippen LogP contribution is 2.37. The Labute approximate surface area is 165 Å². The van der Waals surface area contributed by atoms with E-state index in [1.807, 2.05) is 0 Å². The van der Waals surface area contributed by atoms with Crippen LogP contribution in [0.2, 0.25) is 10.0 Å². The first-order valence-corrected chi connectivity index (χ1v) is 8.48. The lowest BCUT2D eigenvalue weighted by molar-refractivity contribution is -0.132. The number of rotatable bonds is 4. The Morgan fingerprint density at radius 3 is 2.59 bits per heavy atom. The predicted octanol–water partition coefficient (Wildman–Crippen LogP) is 4.27. The molecule has 0 N–H and O–H groups in total. The second-order valence-corrected chi connectivity index (χ2v) is 6.26. The summed E-state index contributed by atoms with van der Waals surface area (Å²) in [6.45, 7) is 1.26. The van der Waals surface area contributed by atoms with Gasteiger partial charge in [0.25, 0.3) is 0 Å². The van der Waals surface area contributed by atoms with E-state index in [0.717, 1.165) is 0 Å². The number of methoxy groups -OCH3 is 1. The van der Waals surface area contributed by atoms with Gasteiger partial charge < -0.3 is 14.2 Å². The van der Waals surface area contributed by atoms with Crippen molar-refractivity contribution in [3.05, 3.63) is 63.3 Å². The first kappa shape index (κ1) is 18.9. The molecule has 0 radical (unpaired) electrons. The van der Waals surface area contributed by atoms with E-state index in [0.29, 0.717) is 16.1 Å². The fourth-order valence-electron chi connectivity index (χ4n) is 2.38. The van der Waals surface area contributed by atoms with Crippen molar-refractivity contribution >= 4 is 47.1 Å². The molecule has 2 aromatic carbocycles. The minimum atomic E-state index is -0.621. The summed E-state index contributed by atoms with van der Waals surface area (Å²) >= 11 is 12.3. The van der Waals surface area contributed by atoms with Crippen molar-refractivity contribution in [1.29, 1.82) is 0 Å². The molecule has 138 valence electrons. The largest absolute Gasteiger partial charge is 0.493 e. The molecule has 0 spiro atoms. The average Bonchev–Trinajstić information content (AvgIpc) is 2.97. The fraction of sp³-hybridized carbons (Fsp3) is 0.105. The van der Waals surface area contributed by atoms with Crippen LogP contribution in [-0.4, -0.2) is 24.9 Å². The van der Waals surface area contributed by atoms with E-state index in [1.165, 1.54) is 26.2 Å². The Bertz CT molecular complexity index is 998. The first-order chi connectivity index (χ1) is 12.9. The number of nitrogens with zero attached hydrogens (tertiary/aromatic N) is 1. The summed E-state index contributed by atoms with van der Waals surface area (Å²) in [5.74, 6) is -0.695. The van der Waals surface area contributed by atoms with Crippen LogP contribution < -0.4 is 9.47 Å². The van der Waals surface area contributed by atoms with E-state index in [1.54, 1.807) is 30.3 Å². The van der Waals surface area contributed by atoms with Crippen LogP contribution in [0.4, 0.5) is 0 Å². The van der Waals surface area contributed by atoms with Gasteiger partial charge in [-0.2, -0.15) is 0 Å². The van der Waals surface area contributed by atoms with Crippen molar-refractivity contribution < 1.29 is 23.8 Å². The fourth-order valence-corrected chi connectivity index (χ4v) is 2.86. The maximum absolute atomic E-state index is 12.1. The van der Waals surface area contributed by atoms with Crippen molar-refractivity contribution in [3.63, 3.8) is 0 Å². The highest BCUT2D eigenvalue weighted by molar-refractivity contribution is 6.34. The number of ether oxygens (including phenoxy) is 3. The summed E-state index contributed by atoms with van der Waals surface area (Å²) in [7, 11) is 1.41. The Hall–Kier alpha value is -2.83. The lowest BCUT2D eigenvalue weighted by atomic mass is 10.1. The van der Waals surface area contributed by atoms with Crippen molar-refractivity contribution in [2.45, 2.75) is 6.92 Å². The molecular formula is C19H13Cl2NO5. The summed E-state index contributed by atoms with van der Waals surface area (Å²) in [6, 6.07) is 9.98. The molecule has 0 amide bonds. The van der Waals surface area contributed by atoms with Crippen LogP contribution in [0.15, 0.2) is 47.1 Å². The first-order valence-electron chi connectivity index (χ1n) is 7.72. The minimum Gasteiger partial charge on any atom is -0.493 e. The standard InChI is InChI=1S/C19H13Cl2NO5/c1-10(23)26-17-14(21)7-11(9-16(17)25-2)8-15-19(24)27-18(22-15)12-5-3-4-6-13(12)20/h3-9H,1-2H3. The minimum absolute atomic E-state index is 0.0725. The van der Waals surface area contributed by atoms with Crippen LogP contribution >= 0.6 is 23.2 Å². The number of hydrogen-bond acceptors (Lipinski definition) is 6. The average molecular weight is 406 g/mol. The van der Waals surface area contributed by atoms with E-state index >= 15 is 0 Å². The maximum atomic E-state index is 12.1. The third kappa shape index (κ3) is 4.13. The van der Waals surface area contributed by atoms with Crippen LogP contribution in [0.3, 0.4) is 0 Å². The summed E-state index contributed by atoms with van der Waals surface area (Å²) in [5.41, 5.74) is 1.10. The molecule has 0 saturated heterocycles. The van der Waals surface area contributed by atoms with Gasteiger partial charge in [-0.15, -0.1) is 0 Å². The van der Waals surface area contributed by atoms with E-state index in [9.17, 15) is 9.59 Å². The van der Waals surface area contributed by atoms with Gasteiger partial charge in [0.15, 0.2) is 17.2 Å². The van der Waals surface area contributed by atoms with E-state index in [-0.39, 0.29) is 28.1 Å². The Balaban J connectivity index is 1.99. The monoisotopic (exact) mass is 405 g/mol. The molecule has 2 aromatic rings. The number of cyclic esters (lactones) is 1. The smallest absolute Gasteiger partial charge is 0.363 e. The van der Waals surface area contributed by atoms with Gasteiger partial charge in [0.2, 0.25) is 5.90 Å². The van der Waals surface area contributed by atoms with Gasteiger partial charge in [0.1, 0.15) is 0 Å². The van der Waals surface area contributed by atoms with Crippen LogP contribution in [0.25, 0.3) is 6.08 Å². The summed E-state index contributed by atoms with van der Waals surface area (Å²) < 4.78 is 15.5. The summed E-state index contributed by atoms with van der Waals surface area (Å²) in [6.07, 6.45) is 1.48. The SMILES string of the molecule is COc1cc(C=C2N=C(c3ccccc3Cl)OC2=O)cc(Cl)c1OC(C)=O. The van der Waals surface area contributed by atoms with Gasteiger partial charge >= 0.3 is 11.9 Å². The molecule has 1 aliphatic heterocycles. The second-order valence-electron chi connectivity index (χ2n) is 5.44. The van der Waals surface area contributed by atoms with E-state index in [2.05, 4.69) is 4.99 Å². The number of hydrogen-bond donors (Lipinski definition) is 0. The number of benzene rings is 2. The van der Waals surface area contributed by atoms with Gasteiger partial charge in [-0.3, -0.25) is 4.79 Å². The quantitative estimate of drug-likeness (QED) is 0.431. The molecule has 0 unspecified atom stereocenters. The van der Waals surface area contributed by atoms with Crippen molar-refractivity contribution in [1.82, 2.24) is 0 Å². The highest BCUT2D eigenvalue weighted by Gasteiger charge is 2.25. The maximum Gasteiger partial charge on any atom is 0.363 e. The van der Waals surface area contributed by atoms with Crippen LogP contribution in [-0.2, 0) is 14.3 Å². The molecule has 0 aliphatic carbocycles. The lowest BCUT2D eigenvalue weighted by Crippen LogP contribution is -2.05. The van der Waals surface area contributed by atoms with Crippen molar-refractivity contribution in [3.8, 4) is 11.5 Å². The van der Waals surface area contributed by atoms with Gasteiger partial charge in [0, 0.05) is 6.92 Å². The van der Waals surface area contributed by atoms with E-state index in [4.69, 9.17) is 37.4 Å². The third-order valence-corrected chi connectivity index (χ3v) is 4.14. The van der Waals surface area contributed by atoms with Crippen LogP contribution in [0.5, 0.6) is 11.5 Å². The predicted molar refractivity (Wildman–Crippen MR) is 101 cm³/mol. The second kappa shape index (κ2) is 7.82. The molecule has 0 aromatic heterocycles. The number of aliphatic imine (C=N–C) groups is 1. The number of halogens is 2. The third-order valence-electron chi connectivity index (χ3n) is 3.53. The molecule has 0 bridgehead atoms. The molecule has 0 saturated carbocycles. The van der Waals surface area contributed by atoms with Gasteiger partial charge in [-0.05, 0) is 35.9 Å². The number of carbonyl (C=O) groups is 2. The summed E-state index contributed by atoms with van der Waals surface area (Å²) in [4.78, 5) is 27.5. The van der Waals surface area contributed by atoms with Gasteiger partial charge in [-0.25, -0.2) is 9.79 Å². The number of carbonyl (C=O) groups excluding carboxylic acids is 2. The van der Waals surface area contributed by atoms with Crippen LogP contribution in [0, 0.1) is 0 Å². The summed E-state index contributed by atoms with van der Waals surface area (Å²) in [5, 5.41) is 0.568. The van der Waals surface area contributed by atoms with Crippen LogP contribution in [0.1, 0.15) is 18.1 Å². The zero-order valence-electron chi connectivity index (χ0n) is 14.3. The number of esters is 2. The highest BCUT2D eigenvalue weighted by atomic mass is 35.5. The molecular weight excluding hydrogens is 393 g/mol. The zero-order chi connectivity index (χ0) is 19.6. The van der Waals surface area contributed by atoms with Crippen molar-refractivity contribution in [2.75, 3.05) is 7.11 Å². The van der Waals surface area contributed by atoms with Gasteiger partial charge in [0.05, 0.1) is 22.7 Å². The molecule has 3 rings (SSSR count). The molecule has 0 atom stereocenters. The molecule has 6 nitrogen and oxygen atoms in total. The Morgan fingerprint density at radius 2 is 1.93 bits per heavy atom. The molecule has 1 heterocycles. The molecule has 27 heavy (non-hydrogen) atoms. The normalized spacial score (nSPS) is 14.7.